The smallest absolute Gasteiger partial charge is 0.263 e. The summed E-state index contributed by atoms with van der Waals surface area (Å²) in [4.78, 5) is 17.8. The molecule has 0 saturated carbocycles. The largest absolute Gasteiger partial charge is 0.348 e. The van der Waals surface area contributed by atoms with Crippen LogP contribution in [0.15, 0.2) is 0 Å². The van der Waals surface area contributed by atoms with Gasteiger partial charge in [0, 0.05) is 25.6 Å². The minimum absolute atomic E-state index is 0.00367. The van der Waals surface area contributed by atoms with Gasteiger partial charge in [0.15, 0.2) is 0 Å². The molecule has 1 aromatic heterocycles. The summed E-state index contributed by atoms with van der Waals surface area (Å²) in [6.45, 7) is 12.2. The summed E-state index contributed by atoms with van der Waals surface area (Å²) in [6, 6.07) is 0.00367. The van der Waals surface area contributed by atoms with Crippen LogP contribution in [0.4, 0.5) is 0 Å². The molecule has 1 aliphatic heterocycles. The minimum Gasteiger partial charge on any atom is -0.348 e. The third kappa shape index (κ3) is 4.84. The Morgan fingerprint density at radius 1 is 1.31 bits per heavy atom. The molecule has 2 heterocycles. The number of aryl methyl sites for hydroxylation is 1. The maximum absolute atomic E-state index is 12.6. The van der Waals surface area contributed by atoms with E-state index in [1.807, 2.05) is 6.92 Å². The van der Waals surface area contributed by atoms with Crippen molar-refractivity contribution in [3.63, 3.8) is 0 Å². The van der Waals surface area contributed by atoms with Crippen LogP contribution in [-0.4, -0.2) is 47.5 Å². The topological polar surface area (TPSA) is 79.4 Å². The molecule has 148 valence electrons. The van der Waals surface area contributed by atoms with Crippen LogP contribution in [0.25, 0.3) is 0 Å². The van der Waals surface area contributed by atoms with Gasteiger partial charge in [-0.25, -0.2) is 17.7 Å². The zero-order chi connectivity index (χ0) is 19.7. The molecule has 1 aromatic rings. The minimum atomic E-state index is -3.31. The molecular formula is C18H31N3O3S2. The number of amides is 1. The molecule has 0 atom stereocenters. The van der Waals surface area contributed by atoms with Crippen molar-refractivity contribution < 1.29 is 13.2 Å². The van der Waals surface area contributed by atoms with Gasteiger partial charge in [-0.3, -0.25) is 4.79 Å². The Morgan fingerprint density at radius 2 is 1.88 bits per heavy atom. The highest BCUT2D eigenvalue weighted by Gasteiger charge is 2.37. The number of piperidine rings is 1. The molecule has 1 amide bonds. The van der Waals surface area contributed by atoms with Crippen molar-refractivity contribution in [2.24, 2.45) is 5.92 Å². The van der Waals surface area contributed by atoms with Crippen molar-refractivity contribution in [1.29, 1.82) is 0 Å². The first-order valence-electron chi connectivity index (χ1n) is 9.18. The number of hydrogen-bond acceptors (Lipinski definition) is 5. The SMILES string of the molecule is Cc1nc(CC(C)C)sc1C(=O)NC1CCN(S(=O)(=O)C(C)(C)C)CC1. The highest BCUT2D eigenvalue weighted by Crippen LogP contribution is 2.25. The number of nitrogens with one attached hydrogen (secondary N) is 1. The lowest BCUT2D eigenvalue weighted by atomic mass is 10.1. The summed E-state index contributed by atoms with van der Waals surface area (Å²) in [5, 5.41) is 4.06. The first-order chi connectivity index (χ1) is 11.9. The Balaban J connectivity index is 1.96. The summed E-state index contributed by atoms with van der Waals surface area (Å²) >= 11 is 1.46. The summed E-state index contributed by atoms with van der Waals surface area (Å²) < 4.78 is 25.8. The molecule has 8 heteroatoms. The van der Waals surface area contributed by atoms with Crippen LogP contribution in [-0.2, 0) is 16.4 Å². The standard InChI is InChI=1S/C18H31N3O3S2/c1-12(2)11-15-19-13(3)16(25-15)17(22)20-14-7-9-21(10-8-14)26(23,24)18(4,5)6/h12,14H,7-11H2,1-6H3,(H,20,22). The van der Waals surface area contributed by atoms with Crippen molar-refractivity contribution in [1.82, 2.24) is 14.6 Å². The highest BCUT2D eigenvalue weighted by molar-refractivity contribution is 7.90. The number of sulfonamides is 1. The van der Waals surface area contributed by atoms with Crippen molar-refractivity contribution in [3.8, 4) is 0 Å². The van der Waals surface area contributed by atoms with E-state index in [9.17, 15) is 13.2 Å². The Labute approximate surface area is 161 Å². The predicted molar refractivity (Wildman–Crippen MR) is 106 cm³/mol. The number of carbonyl (C=O) groups is 1. The molecule has 26 heavy (non-hydrogen) atoms. The highest BCUT2D eigenvalue weighted by atomic mass is 32.2. The van der Waals surface area contributed by atoms with Crippen LogP contribution in [0.3, 0.4) is 0 Å². The van der Waals surface area contributed by atoms with E-state index in [4.69, 9.17) is 0 Å². The molecule has 0 unspecified atom stereocenters. The van der Waals surface area contributed by atoms with E-state index < -0.39 is 14.8 Å². The molecule has 1 fully saturated rings. The van der Waals surface area contributed by atoms with Crippen molar-refractivity contribution in [2.45, 2.75) is 71.6 Å². The second-order valence-corrected chi connectivity index (χ2v) is 12.2. The molecule has 1 aliphatic rings. The molecular weight excluding hydrogens is 370 g/mol. The van der Waals surface area contributed by atoms with Gasteiger partial charge in [-0.05, 0) is 46.5 Å². The van der Waals surface area contributed by atoms with E-state index >= 15 is 0 Å². The van der Waals surface area contributed by atoms with E-state index in [1.165, 1.54) is 11.3 Å². The van der Waals surface area contributed by atoms with Crippen LogP contribution in [0, 0.1) is 12.8 Å². The Bertz CT molecular complexity index is 740. The number of thiazole rings is 1. The summed E-state index contributed by atoms with van der Waals surface area (Å²) in [6.07, 6.45) is 2.15. The second kappa shape index (κ2) is 7.94. The maximum atomic E-state index is 12.6. The van der Waals surface area contributed by atoms with Crippen molar-refractivity contribution in [2.75, 3.05) is 13.1 Å². The van der Waals surface area contributed by atoms with E-state index in [2.05, 4.69) is 24.1 Å². The molecule has 1 N–H and O–H groups in total. The average molecular weight is 402 g/mol. The third-order valence-corrected chi connectivity index (χ3v) is 8.30. The normalized spacial score (nSPS) is 17.7. The van der Waals surface area contributed by atoms with Crippen LogP contribution in [0.5, 0.6) is 0 Å². The van der Waals surface area contributed by atoms with Gasteiger partial charge >= 0.3 is 0 Å². The molecule has 6 nitrogen and oxygen atoms in total. The third-order valence-electron chi connectivity index (χ3n) is 4.53. The Kier molecular flexibility index (Phi) is 6.51. The molecule has 0 bridgehead atoms. The van der Waals surface area contributed by atoms with Crippen molar-refractivity contribution in [3.05, 3.63) is 15.6 Å². The molecule has 0 radical (unpaired) electrons. The first-order valence-corrected chi connectivity index (χ1v) is 11.4. The van der Waals surface area contributed by atoms with Gasteiger partial charge in [-0.2, -0.15) is 0 Å². The lowest BCUT2D eigenvalue weighted by Crippen LogP contribution is -2.50. The molecule has 0 spiro atoms. The predicted octanol–water partition coefficient (Wildman–Crippen LogP) is 2.97. The van der Waals surface area contributed by atoms with Gasteiger partial charge in [0.2, 0.25) is 10.0 Å². The van der Waals surface area contributed by atoms with E-state index in [-0.39, 0.29) is 11.9 Å². The quantitative estimate of drug-likeness (QED) is 0.823. The van der Waals surface area contributed by atoms with Gasteiger partial charge in [0.25, 0.3) is 5.91 Å². The zero-order valence-corrected chi connectivity index (χ0v) is 18.3. The van der Waals surface area contributed by atoms with E-state index in [1.54, 1.807) is 25.1 Å². The van der Waals surface area contributed by atoms with E-state index in [0.717, 1.165) is 17.1 Å². The number of rotatable bonds is 5. The number of nitrogens with zero attached hydrogens (tertiary/aromatic N) is 2. The number of aromatic nitrogens is 1. The van der Waals surface area contributed by atoms with Crippen LogP contribution < -0.4 is 5.32 Å². The fourth-order valence-electron chi connectivity index (χ4n) is 2.98. The second-order valence-electron chi connectivity index (χ2n) is 8.38. The Morgan fingerprint density at radius 3 is 2.38 bits per heavy atom. The fraction of sp³-hybridized carbons (Fsp3) is 0.778. The number of carbonyl (C=O) groups excluding carboxylic acids is 1. The lowest BCUT2D eigenvalue weighted by Gasteiger charge is -2.35. The van der Waals surface area contributed by atoms with Gasteiger partial charge in [-0.15, -0.1) is 11.3 Å². The maximum Gasteiger partial charge on any atom is 0.263 e. The van der Waals surface area contributed by atoms with Gasteiger partial charge in [0.1, 0.15) is 4.88 Å². The summed E-state index contributed by atoms with van der Waals surface area (Å²) in [5.74, 6) is 0.415. The monoisotopic (exact) mass is 401 g/mol. The molecule has 1 saturated heterocycles. The summed E-state index contributed by atoms with van der Waals surface area (Å²) in [5.41, 5.74) is 0.774. The summed E-state index contributed by atoms with van der Waals surface area (Å²) in [7, 11) is -3.31. The molecule has 0 aliphatic carbocycles. The van der Waals surface area contributed by atoms with E-state index in [0.29, 0.717) is 36.7 Å². The molecule has 0 aromatic carbocycles. The van der Waals surface area contributed by atoms with Gasteiger partial charge < -0.3 is 5.32 Å². The zero-order valence-electron chi connectivity index (χ0n) is 16.6. The van der Waals surface area contributed by atoms with Crippen LogP contribution >= 0.6 is 11.3 Å². The first kappa shape index (κ1) is 21.3. The van der Waals surface area contributed by atoms with Crippen LogP contribution in [0.2, 0.25) is 0 Å². The number of hydrogen-bond donors (Lipinski definition) is 1. The molecule has 2 rings (SSSR count). The van der Waals surface area contributed by atoms with Gasteiger partial charge in [-0.1, -0.05) is 13.8 Å². The fourth-order valence-corrected chi connectivity index (χ4v) is 5.62. The van der Waals surface area contributed by atoms with Crippen LogP contribution in [0.1, 0.15) is 67.8 Å². The lowest BCUT2D eigenvalue weighted by molar-refractivity contribution is 0.0927. The Hall–Kier alpha value is -0.990. The average Bonchev–Trinajstić information content (AvgIpc) is 2.86. The van der Waals surface area contributed by atoms with Gasteiger partial charge in [0.05, 0.1) is 15.4 Å². The van der Waals surface area contributed by atoms with Crippen molar-refractivity contribution >= 4 is 27.3 Å².